The first kappa shape index (κ1) is 27.0. The van der Waals surface area contributed by atoms with Crippen molar-refractivity contribution in [3.8, 4) is 0 Å². The van der Waals surface area contributed by atoms with Gasteiger partial charge in [-0.25, -0.2) is 0 Å². The predicted molar refractivity (Wildman–Crippen MR) is 124 cm³/mol. The summed E-state index contributed by atoms with van der Waals surface area (Å²) in [6.45, 7) is 7.78. The molecule has 1 atom stereocenters. The number of unbranched alkanes of at least 4 members (excludes halogenated alkanes) is 16. The van der Waals surface area contributed by atoms with Crippen molar-refractivity contribution in [3.63, 3.8) is 0 Å². The van der Waals surface area contributed by atoms with Gasteiger partial charge in [0.2, 0.25) is 0 Å². The molecule has 0 aromatic heterocycles. The quantitative estimate of drug-likeness (QED) is 0.160. The first-order chi connectivity index (χ1) is 13.3. The van der Waals surface area contributed by atoms with Gasteiger partial charge in [-0.3, -0.25) is 0 Å². The largest absolute Gasteiger partial charge is 0.378 e. The van der Waals surface area contributed by atoms with Crippen LogP contribution in [0.5, 0.6) is 0 Å². The molecule has 0 aliphatic heterocycles. The average molecular weight is 383 g/mol. The van der Waals surface area contributed by atoms with Gasteiger partial charge in [0.05, 0.1) is 6.10 Å². The van der Waals surface area contributed by atoms with Crippen molar-refractivity contribution < 1.29 is 4.74 Å². The maximum atomic E-state index is 6.13. The zero-order chi connectivity index (χ0) is 19.8. The Labute approximate surface area is 173 Å². The van der Waals surface area contributed by atoms with Crippen molar-refractivity contribution >= 4 is 0 Å². The first-order valence-corrected chi connectivity index (χ1v) is 13.0. The molecule has 27 heavy (non-hydrogen) atoms. The van der Waals surface area contributed by atoms with Gasteiger partial charge in [-0.15, -0.1) is 0 Å². The van der Waals surface area contributed by atoms with Crippen LogP contribution in [0.25, 0.3) is 0 Å². The van der Waals surface area contributed by atoms with Crippen LogP contribution in [0.1, 0.15) is 156 Å². The van der Waals surface area contributed by atoms with Crippen LogP contribution in [0.2, 0.25) is 0 Å². The Bertz CT molecular complexity index is 251. The van der Waals surface area contributed by atoms with E-state index in [2.05, 4.69) is 20.8 Å². The molecule has 0 heterocycles. The van der Waals surface area contributed by atoms with Crippen LogP contribution in [0.3, 0.4) is 0 Å². The minimum atomic E-state index is 0.541. The Hall–Kier alpha value is -0.0400. The lowest BCUT2D eigenvalue weighted by Crippen LogP contribution is -2.13. The smallest absolute Gasteiger partial charge is 0.0575 e. The average Bonchev–Trinajstić information content (AvgIpc) is 2.68. The second-order valence-corrected chi connectivity index (χ2v) is 8.73. The normalized spacial score (nSPS) is 12.6. The molecule has 0 amide bonds. The van der Waals surface area contributed by atoms with Crippen LogP contribution >= 0.6 is 0 Å². The van der Waals surface area contributed by atoms with Gasteiger partial charge in [0, 0.05) is 6.61 Å². The van der Waals surface area contributed by atoms with Gasteiger partial charge in [0.25, 0.3) is 0 Å². The molecule has 0 fully saturated rings. The highest BCUT2D eigenvalue weighted by molar-refractivity contribution is 4.60. The molecule has 1 heteroatoms. The Balaban J connectivity index is 3.50. The molecule has 0 aromatic rings. The predicted octanol–water partition coefficient (Wildman–Crippen LogP) is 9.62. The lowest BCUT2D eigenvalue weighted by molar-refractivity contribution is 0.0385. The standard InChI is InChI=1S/C26H54O/c1-4-7-9-11-13-14-15-16-18-20-22-24-26(27-25-6-3)23-21-19-17-12-10-8-5-2/h26H,4-25H2,1-3H3. The highest BCUT2D eigenvalue weighted by atomic mass is 16.5. The van der Waals surface area contributed by atoms with Crippen LogP contribution in [0.4, 0.5) is 0 Å². The Morgan fingerprint density at radius 3 is 1.07 bits per heavy atom. The van der Waals surface area contributed by atoms with E-state index in [1.807, 2.05) is 0 Å². The van der Waals surface area contributed by atoms with E-state index in [0.717, 1.165) is 13.0 Å². The fourth-order valence-electron chi connectivity index (χ4n) is 3.96. The Morgan fingerprint density at radius 2 is 0.741 bits per heavy atom. The van der Waals surface area contributed by atoms with Gasteiger partial charge in [-0.05, 0) is 19.3 Å². The molecule has 0 radical (unpaired) electrons. The van der Waals surface area contributed by atoms with E-state index in [1.54, 1.807) is 0 Å². The zero-order valence-corrected chi connectivity index (χ0v) is 19.5. The van der Waals surface area contributed by atoms with Crippen LogP contribution in [-0.4, -0.2) is 12.7 Å². The fourth-order valence-corrected chi connectivity index (χ4v) is 3.96. The van der Waals surface area contributed by atoms with Gasteiger partial charge in [0.1, 0.15) is 0 Å². The van der Waals surface area contributed by atoms with E-state index in [4.69, 9.17) is 4.74 Å². The fraction of sp³-hybridized carbons (Fsp3) is 1.00. The lowest BCUT2D eigenvalue weighted by Gasteiger charge is -2.17. The van der Waals surface area contributed by atoms with E-state index in [1.165, 1.54) is 128 Å². The number of hydrogen-bond donors (Lipinski definition) is 0. The summed E-state index contributed by atoms with van der Waals surface area (Å²) in [6, 6.07) is 0. The Kier molecular flexibility index (Phi) is 24.0. The van der Waals surface area contributed by atoms with Crippen LogP contribution in [-0.2, 0) is 4.74 Å². The summed E-state index contributed by atoms with van der Waals surface area (Å²) in [5.41, 5.74) is 0. The third kappa shape index (κ3) is 22.1. The summed E-state index contributed by atoms with van der Waals surface area (Å²) < 4.78 is 6.13. The highest BCUT2D eigenvalue weighted by Crippen LogP contribution is 2.17. The van der Waals surface area contributed by atoms with Crippen molar-refractivity contribution in [1.82, 2.24) is 0 Å². The van der Waals surface area contributed by atoms with Gasteiger partial charge in [-0.2, -0.15) is 0 Å². The molecule has 0 saturated heterocycles. The molecular formula is C26H54O. The highest BCUT2D eigenvalue weighted by Gasteiger charge is 2.08. The van der Waals surface area contributed by atoms with E-state index < -0.39 is 0 Å². The second kappa shape index (κ2) is 24.0. The molecule has 0 aliphatic rings. The molecule has 0 aromatic carbocycles. The number of hydrogen-bond acceptors (Lipinski definition) is 1. The van der Waals surface area contributed by atoms with Gasteiger partial charge in [0.15, 0.2) is 0 Å². The van der Waals surface area contributed by atoms with E-state index in [0.29, 0.717) is 6.10 Å². The van der Waals surface area contributed by atoms with Crippen LogP contribution in [0, 0.1) is 0 Å². The summed E-state index contributed by atoms with van der Waals surface area (Å²) in [5.74, 6) is 0. The molecular weight excluding hydrogens is 328 g/mol. The molecule has 164 valence electrons. The molecule has 0 saturated carbocycles. The third-order valence-electron chi connectivity index (χ3n) is 5.82. The van der Waals surface area contributed by atoms with Crippen molar-refractivity contribution in [1.29, 1.82) is 0 Å². The molecule has 0 spiro atoms. The van der Waals surface area contributed by atoms with Gasteiger partial charge in [-0.1, -0.05) is 136 Å². The summed E-state index contributed by atoms with van der Waals surface area (Å²) in [5, 5.41) is 0. The summed E-state index contributed by atoms with van der Waals surface area (Å²) in [4.78, 5) is 0. The lowest BCUT2D eigenvalue weighted by atomic mass is 10.0. The topological polar surface area (TPSA) is 9.23 Å². The number of rotatable bonds is 23. The Morgan fingerprint density at radius 1 is 0.407 bits per heavy atom. The minimum absolute atomic E-state index is 0.541. The number of ether oxygens (including phenoxy) is 1. The van der Waals surface area contributed by atoms with E-state index in [9.17, 15) is 0 Å². The molecule has 1 unspecified atom stereocenters. The third-order valence-corrected chi connectivity index (χ3v) is 5.82. The van der Waals surface area contributed by atoms with Gasteiger partial charge < -0.3 is 4.74 Å². The van der Waals surface area contributed by atoms with Crippen LogP contribution in [0.15, 0.2) is 0 Å². The van der Waals surface area contributed by atoms with Crippen LogP contribution < -0.4 is 0 Å². The zero-order valence-electron chi connectivity index (χ0n) is 19.5. The summed E-state index contributed by atoms with van der Waals surface area (Å²) in [7, 11) is 0. The maximum absolute atomic E-state index is 6.13. The molecule has 0 N–H and O–H groups in total. The SMILES string of the molecule is CCCCCCCCCCCCCC(CCCCCCCCC)OCCC. The van der Waals surface area contributed by atoms with E-state index in [-0.39, 0.29) is 0 Å². The molecule has 0 rings (SSSR count). The first-order valence-electron chi connectivity index (χ1n) is 13.0. The molecule has 1 nitrogen and oxygen atoms in total. The monoisotopic (exact) mass is 382 g/mol. The molecule has 0 bridgehead atoms. The maximum Gasteiger partial charge on any atom is 0.0575 e. The summed E-state index contributed by atoms with van der Waals surface area (Å²) in [6.07, 6.45) is 29.9. The van der Waals surface area contributed by atoms with E-state index >= 15 is 0 Å². The van der Waals surface area contributed by atoms with Crippen molar-refractivity contribution in [2.24, 2.45) is 0 Å². The second-order valence-electron chi connectivity index (χ2n) is 8.73. The minimum Gasteiger partial charge on any atom is -0.378 e. The van der Waals surface area contributed by atoms with Crippen molar-refractivity contribution in [2.75, 3.05) is 6.61 Å². The summed E-state index contributed by atoms with van der Waals surface area (Å²) >= 11 is 0. The van der Waals surface area contributed by atoms with Crippen molar-refractivity contribution in [3.05, 3.63) is 0 Å². The molecule has 0 aliphatic carbocycles. The van der Waals surface area contributed by atoms with Crippen molar-refractivity contribution in [2.45, 2.75) is 162 Å². The van der Waals surface area contributed by atoms with Gasteiger partial charge >= 0.3 is 0 Å².